The number of rotatable bonds is 15. The predicted molar refractivity (Wildman–Crippen MR) is 131 cm³/mol. The smallest absolute Gasteiger partial charge is 0.347 e. The predicted octanol–water partition coefficient (Wildman–Crippen LogP) is 3.24. The van der Waals surface area contributed by atoms with Gasteiger partial charge in [-0.05, 0) is 14.1 Å². The maximum absolute atomic E-state index is 12.6. The largest absolute Gasteiger partial charge is 0.378 e. The highest BCUT2D eigenvalue weighted by Gasteiger charge is 2.42. The third-order valence-corrected chi connectivity index (χ3v) is 9.97. The van der Waals surface area contributed by atoms with E-state index in [1.165, 1.54) is 11.7 Å². The molecule has 3 atom stereocenters. The van der Waals surface area contributed by atoms with Gasteiger partial charge >= 0.3 is 15.3 Å². The van der Waals surface area contributed by atoms with Crippen LogP contribution in [0.5, 0.6) is 0 Å². The minimum absolute atomic E-state index is 0.114. The quantitative estimate of drug-likeness (QED) is 0.129. The molecule has 192 valence electrons. The Morgan fingerprint density at radius 3 is 2.16 bits per heavy atom. The minimum atomic E-state index is -3.16. The zero-order valence-electron chi connectivity index (χ0n) is 18.4. The first-order valence-corrected chi connectivity index (χ1v) is 15.2. The summed E-state index contributed by atoms with van der Waals surface area (Å²) >= 11 is 22.5. The third-order valence-electron chi connectivity index (χ3n) is 4.35. The summed E-state index contributed by atoms with van der Waals surface area (Å²) in [6.07, 6.45) is 0.637. The van der Waals surface area contributed by atoms with Crippen LogP contribution in [0.2, 0.25) is 0 Å². The first-order valence-electron chi connectivity index (χ1n) is 9.98. The fourth-order valence-electron chi connectivity index (χ4n) is 2.65. The van der Waals surface area contributed by atoms with Gasteiger partial charge in [0.05, 0.1) is 13.2 Å². The van der Waals surface area contributed by atoms with Crippen LogP contribution in [-0.4, -0.2) is 109 Å². The number of nitrogens with zero attached hydrogens (tertiary/aromatic N) is 3. The number of hydrogen-bond acceptors (Lipinski definition) is 6. The summed E-state index contributed by atoms with van der Waals surface area (Å²) in [5.74, 6) is 1.35. The molecule has 3 unspecified atom stereocenters. The average molecular weight is 582 g/mol. The van der Waals surface area contributed by atoms with E-state index in [9.17, 15) is 19.0 Å². The van der Waals surface area contributed by atoms with Crippen molar-refractivity contribution in [1.29, 1.82) is 0 Å². The van der Waals surface area contributed by atoms with Crippen LogP contribution < -0.4 is 5.09 Å². The van der Waals surface area contributed by atoms with E-state index >= 15 is 0 Å². The summed E-state index contributed by atoms with van der Waals surface area (Å²) in [4.78, 5) is 10.2. The van der Waals surface area contributed by atoms with Gasteiger partial charge in [0, 0.05) is 62.5 Å². The van der Waals surface area contributed by atoms with Crippen LogP contribution in [0.3, 0.4) is 0 Å². The molecule has 0 radical (unpaired) electrons. The first-order chi connectivity index (χ1) is 15.2. The molecule has 2 N–H and O–H groups in total. The van der Waals surface area contributed by atoms with Gasteiger partial charge in [0.15, 0.2) is 0 Å². The second kappa shape index (κ2) is 18.3. The van der Waals surface area contributed by atoms with Crippen molar-refractivity contribution in [2.45, 2.75) is 19.1 Å². The summed E-state index contributed by atoms with van der Waals surface area (Å²) < 4.78 is 40.0. The minimum Gasteiger partial charge on any atom is -0.378 e. The molecule has 1 aliphatic rings. The molecule has 0 aromatic rings. The number of halogens is 4. The molecule has 1 fully saturated rings. The molecule has 32 heavy (non-hydrogen) atoms. The summed E-state index contributed by atoms with van der Waals surface area (Å²) in [6, 6.07) is 0. The maximum atomic E-state index is 12.6. The molecular weight excluding hydrogens is 548 g/mol. The van der Waals surface area contributed by atoms with E-state index in [1.807, 2.05) is 0 Å². The van der Waals surface area contributed by atoms with Crippen LogP contribution >= 0.6 is 61.7 Å². The number of hydrogen-bond donors (Lipinski definition) is 2. The van der Waals surface area contributed by atoms with E-state index < -0.39 is 21.6 Å². The van der Waals surface area contributed by atoms with Crippen molar-refractivity contribution in [2.75, 3.05) is 77.0 Å². The van der Waals surface area contributed by atoms with Crippen LogP contribution in [0, 0.1) is 0 Å². The van der Waals surface area contributed by atoms with Gasteiger partial charge < -0.3 is 18.9 Å². The first kappa shape index (κ1) is 33.0. The maximum Gasteiger partial charge on any atom is 0.347 e. The molecule has 1 aliphatic heterocycles. The number of nitrogens with one attached hydrogen (secondary N) is 1. The van der Waals surface area contributed by atoms with Crippen LogP contribution in [0.4, 0.5) is 0 Å². The Morgan fingerprint density at radius 2 is 1.72 bits per heavy atom. The summed E-state index contributed by atoms with van der Waals surface area (Å²) in [6.45, 7) is 2.05. The lowest BCUT2D eigenvalue weighted by Gasteiger charge is -2.41. The lowest BCUT2D eigenvalue weighted by molar-refractivity contribution is -0.108. The Bertz CT molecular complexity index is 601. The van der Waals surface area contributed by atoms with E-state index in [0.29, 0.717) is 62.4 Å². The van der Waals surface area contributed by atoms with Gasteiger partial charge in [-0.1, -0.05) is 0 Å². The Kier molecular flexibility index (Phi) is 18.9. The van der Waals surface area contributed by atoms with Crippen LogP contribution in [0.25, 0.3) is 0 Å². The Balaban J connectivity index is 0.000000601. The van der Waals surface area contributed by atoms with Crippen molar-refractivity contribution >= 4 is 68.0 Å². The van der Waals surface area contributed by atoms with Crippen LogP contribution in [0.1, 0.15) is 12.8 Å². The van der Waals surface area contributed by atoms with Gasteiger partial charge in [0.2, 0.25) is 0 Å². The van der Waals surface area contributed by atoms with Crippen molar-refractivity contribution in [3.8, 4) is 0 Å². The lowest BCUT2D eigenvalue weighted by Crippen LogP contribution is -2.42. The van der Waals surface area contributed by atoms with Gasteiger partial charge in [-0.15, -0.1) is 46.4 Å². The summed E-state index contributed by atoms with van der Waals surface area (Å²) in [7, 11) is -3.15. The van der Waals surface area contributed by atoms with E-state index in [4.69, 9.17) is 55.5 Å². The highest BCUT2D eigenvalue weighted by molar-refractivity contribution is 7.54. The topological polar surface area (TPSA) is 112 Å². The van der Waals surface area contributed by atoms with Crippen molar-refractivity contribution < 1.29 is 28.1 Å². The molecule has 0 spiro atoms. The molecule has 16 heteroatoms. The van der Waals surface area contributed by atoms with Crippen molar-refractivity contribution in [1.82, 2.24) is 19.1 Å². The van der Waals surface area contributed by atoms with E-state index in [1.54, 1.807) is 16.4 Å². The fourth-order valence-corrected chi connectivity index (χ4v) is 7.83. The molecule has 0 aromatic heterocycles. The van der Waals surface area contributed by atoms with Crippen molar-refractivity contribution in [2.24, 2.45) is 0 Å². The molecule has 0 aliphatic carbocycles. The van der Waals surface area contributed by atoms with Gasteiger partial charge in [0.1, 0.15) is 12.5 Å². The van der Waals surface area contributed by atoms with E-state index in [2.05, 4.69) is 5.09 Å². The normalized spacial score (nSPS) is 23.6. The number of carbonyl (C=O) groups excluding carboxylic acids is 1. The molecular formula is C16H34Cl4N4O6P2. The van der Waals surface area contributed by atoms with E-state index in [0.717, 1.165) is 0 Å². The second-order valence-corrected chi connectivity index (χ2v) is 12.6. The third kappa shape index (κ3) is 10.7. The number of carbonyl (C=O) groups is 1. The molecule has 1 saturated heterocycles. The zero-order valence-corrected chi connectivity index (χ0v) is 23.2. The van der Waals surface area contributed by atoms with Crippen molar-refractivity contribution in [3.63, 3.8) is 0 Å². The lowest BCUT2D eigenvalue weighted by atomic mass is 10.4. The number of aldehydes is 1. The number of aliphatic hydroxyl groups excluding tert-OH is 1. The Hall–Kier alpha value is 1.01. The highest BCUT2D eigenvalue weighted by Crippen LogP contribution is 2.56. The van der Waals surface area contributed by atoms with Gasteiger partial charge in [-0.3, -0.25) is 9.13 Å². The van der Waals surface area contributed by atoms with Crippen LogP contribution in [0.15, 0.2) is 0 Å². The molecule has 0 aromatic carbocycles. The van der Waals surface area contributed by atoms with E-state index in [-0.39, 0.29) is 19.6 Å². The molecule has 0 bridgehead atoms. The molecule has 1 rings (SSSR count). The molecule has 0 amide bonds. The van der Waals surface area contributed by atoms with Gasteiger partial charge in [0.25, 0.3) is 0 Å². The zero-order chi connectivity index (χ0) is 24.6. The second-order valence-electron chi connectivity index (χ2n) is 6.36. The van der Waals surface area contributed by atoms with Crippen LogP contribution in [-0.2, 0) is 23.0 Å². The average Bonchev–Trinajstić information content (AvgIpc) is 2.77. The standard InChI is InChI=1S/2C8H17Cl2N2O3P/c1-11-8(13)2-7-15-16(11,14)12(5-3-9)6-4-10;1-11-16(14,15-8-2-7-13)12(5-3-9)6-4-10/h8,13H,2-7H2,1H3;7H,2-6,8H2,1H3,(H,11,14). The van der Waals surface area contributed by atoms with Crippen molar-refractivity contribution in [3.05, 3.63) is 0 Å². The fraction of sp³-hybridized carbons (Fsp3) is 0.938. The monoisotopic (exact) mass is 580 g/mol. The summed E-state index contributed by atoms with van der Waals surface area (Å²) in [5, 5.41) is 12.3. The van der Waals surface area contributed by atoms with Gasteiger partial charge in [-0.25, -0.2) is 14.4 Å². The SMILES string of the molecule is CN1C(O)CCOP1(=O)N(CCCl)CCCl.CNP(=O)(OCCC=O)N(CCCl)CCCl. The summed E-state index contributed by atoms with van der Waals surface area (Å²) in [5.41, 5.74) is 0. The Morgan fingerprint density at radius 1 is 1.19 bits per heavy atom. The Labute approximate surface area is 210 Å². The highest BCUT2D eigenvalue weighted by atomic mass is 35.5. The molecule has 10 nitrogen and oxygen atoms in total. The number of alkyl halides is 4. The number of aliphatic hydroxyl groups is 1. The molecule has 1 heterocycles. The van der Waals surface area contributed by atoms with Gasteiger partial charge in [-0.2, -0.15) is 4.67 Å². The molecule has 0 saturated carbocycles.